The number of thiophene rings is 1. The molecule has 2 aromatic heterocycles. The van der Waals surface area contributed by atoms with Crippen molar-refractivity contribution in [2.75, 3.05) is 11.9 Å². The first-order chi connectivity index (χ1) is 7.70. The van der Waals surface area contributed by atoms with Gasteiger partial charge in [-0.15, -0.1) is 11.3 Å². The van der Waals surface area contributed by atoms with Crippen molar-refractivity contribution < 1.29 is 0 Å². The Morgan fingerprint density at radius 2 is 2.19 bits per heavy atom. The van der Waals surface area contributed by atoms with E-state index in [4.69, 9.17) is 0 Å². The zero-order valence-electron chi connectivity index (χ0n) is 9.74. The molecule has 84 valence electrons. The third-order valence-electron chi connectivity index (χ3n) is 2.30. The molecule has 0 bridgehead atoms. The molecule has 1 N–H and O–H groups in total. The average Bonchev–Trinajstić information content (AvgIpc) is 2.59. The fourth-order valence-corrected chi connectivity index (χ4v) is 2.54. The highest BCUT2D eigenvalue weighted by molar-refractivity contribution is 7.12. The van der Waals surface area contributed by atoms with Crippen molar-refractivity contribution in [2.24, 2.45) is 0 Å². The van der Waals surface area contributed by atoms with Gasteiger partial charge in [0.15, 0.2) is 5.82 Å². The van der Waals surface area contributed by atoms with Crippen LogP contribution in [0.25, 0.3) is 11.4 Å². The Balaban J connectivity index is 2.40. The average molecular weight is 233 g/mol. The van der Waals surface area contributed by atoms with E-state index < -0.39 is 0 Å². The summed E-state index contributed by atoms with van der Waals surface area (Å²) in [4.78, 5) is 11.4. The number of anilines is 1. The summed E-state index contributed by atoms with van der Waals surface area (Å²) >= 11 is 1.78. The Morgan fingerprint density at radius 1 is 1.38 bits per heavy atom. The van der Waals surface area contributed by atoms with Crippen LogP contribution in [0.15, 0.2) is 18.3 Å². The summed E-state index contributed by atoms with van der Waals surface area (Å²) in [6, 6.07) is 4.03. The monoisotopic (exact) mass is 233 g/mol. The van der Waals surface area contributed by atoms with Gasteiger partial charge in [-0.05, 0) is 32.9 Å². The van der Waals surface area contributed by atoms with E-state index in [1.54, 1.807) is 17.5 Å². The van der Waals surface area contributed by atoms with Crippen molar-refractivity contribution in [2.45, 2.75) is 20.8 Å². The van der Waals surface area contributed by atoms with Gasteiger partial charge in [-0.1, -0.05) is 0 Å². The summed E-state index contributed by atoms with van der Waals surface area (Å²) < 4.78 is 0. The standard InChI is InChI=1S/C12H15N3S/c1-4-13-11-5-6-14-12(15-11)10-7-8(2)16-9(10)3/h5-7H,4H2,1-3H3,(H,13,14,15). The summed E-state index contributed by atoms with van der Waals surface area (Å²) in [5, 5.41) is 3.20. The van der Waals surface area contributed by atoms with Crippen LogP contribution in [0.2, 0.25) is 0 Å². The van der Waals surface area contributed by atoms with Gasteiger partial charge in [0, 0.05) is 28.1 Å². The number of nitrogens with zero attached hydrogens (tertiary/aromatic N) is 2. The van der Waals surface area contributed by atoms with E-state index in [2.05, 4.69) is 42.1 Å². The van der Waals surface area contributed by atoms with E-state index in [1.165, 1.54) is 9.75 Å². The lowest BCUT2D eigenvalue weighted by Crippen LogP contribution is -2.00. The van der Waals surface area contributed by atoms with Gasteiger partial charge in [0.05, 0.1) is 0 Å². The molecule has 0 saturated heterocycles. The molecule has 0 saturated carbocycles. The lowest BCUT2D eigenvalue weighted by molar-refractivity contribution is 1.12. The molecule has 0 amide bonds. The van der Waals surface area contributed by atoms with Gasteiger partial charge < -0.3 is 5.32 Å². The van der Waals surface area contributed by atoms with Crippen molar-refractivity contribution in [3.63, 3.8) is 0 Å². The fourth-order valence-electron chi connectivity index (χ4n) is 1.62. The second-order valence-corrected chi connectivity index (χ2v) is 5.08. The Morgan fingerprint density at radius 3 is 2.81 bits per heavy atom. The second-order valence-electron chi connectivity index (χ2n) is 3.62. The number of rotatable bonds is 3. The Labute approximate surface area is 99.6 Å². The van der Waals surface area contributed by atoms with Crippen molar-refractivity contribution in [3.05, 3.63) is 28.1 Å². The number of aromatic nitrogens is 2. The summed E-state index contributed by atoms with van der Waals surface area (Å²) in [6.45, 7) is 7.14. The highest BCUT2D eigenvalue weighted by Crippen LogP contribution is 2.28. The SMILES string of the molecule is CCNc1ccnc(-c2cc(C)sc2C)n1. The van der Waals surface area contributed by atoms with Crippen LogP contribution in [-0.2, 0) is 0 Å². The molecule has 0 spiro atoms. The van der Waals surface area contributed by atoms with Crippen LogP contribution in [0.3, 0.4) is 0 Å². The van der Waals surface area contributed by atoms with Crippen LogP contribution in [-0.4, -0.2) is 16.5 Å². The van der Waals surface area contributed by atoms with E-state index in [-0.39, 0.29) is 0 Å². The van der Waals surface area contributed by atoms with E-state index in [1.807, 2.05) is 6.07 Å². The smallest absolute Gasteiger partial charge is 0.162 e. The first-order valence-corrected chi connectivity index (χ1v) is 6.16. The van der Waals surface area contributed by atoms with E-state index in [0.717, 1.165) is 23.8 Å². The van der Waals surface area contributed by atoms with Crippen molar-refractivity contribution in [3.8, 4) is 11.4 Å². The lowest BCUT2D eigenvalue weighted by Gasteiger charge is -2.03. The molecule has 0 fully saturated rings. The molecule has 0 aromatic carbocycles. The van der Waals surface area contributed by atoms with Gasteiger partial charge in [-0.25, -0.2) is 9.97 Å². The number of nitrogens with one attached hydrogen (secondary N) is 1. The third-order valence-corrected chi connectivity index (χ3v) is 3.26. The molecular weight excluding hydrogens is 218 g/mol. The topological polar surface area (TPSA) is 37.8 Å². The summed E-state index contributed by atoms with van der Waals surface area (Å²) in [5.41, 5.74) is 1.14. The minimum atomic E-state index is 0.806. The second kappa shape index (κ2) is 4.61. The van der Waals surface area contributed by atoms with Gasteiger partial charge in [-0.2, -0.15) is 0 Å². The molecule has 16 heavy (non-hydrogen) atoms. The highest BCUT2D eigenvalue weighted by Gasteiger charge is 2.08. The number of aryl methyl sites for hydroxylation is 2. The number of hydrogen-bond acceptors (Lipinski definition) is 4. The van der Waals surface area contributed by atoms with Gasteiger partial charge in [-0.3, -0.25) is 0 Å². The Hall–Kier alpha value is -1.42. The summed E-state index contributed by atoms with van der Waals surface area (Å²) in [6.07, 6.45) is 1.80. The Kier molecular flexibility index (Phi) is 3.19. The molecule has 0 unspecified atom stereocenters. The maximum atomic E-state index is 4.49. The minimum absolute atomic E-state index is 0.806. The molecule has 2 heterocycles. The van der Waals surface area contributed by atoms with Crippen LogP contribution in [0, 0.1) is 13.8 Å². The molecule has 0 aliphatic carbocycles. The molecule has 2 rings (SSSR count). The third kappa shape index (κ3) is 2.22. The van der Waals surface area contributed by atoms with Gasteiger partial charge in [0.2, 0.25) is 0 Å². The molecule has 3 nitrogen and oxygen atoms in total. The first kappa shape index (κ1) is 11.1. The van der Waals surface area contributed by atoms with Crippen molar-refractivity contribution >= 4 is 17.2 Å². The zero-order valence-corrected chi connectivity index (χ0v) is 10.6. The summed E-state index contributed by atoms with van der Waals surface area (Å²) in [5.74, 6) is 1.69. The largest absolute Gasteiger partial charge is 0.370 e. The molecule has 0 aliphatic heterocycles. The van der Waals surface area contributed by atoms with E-state index >= 15 is 0 Å². The van der Waals surface area contributed by atoms with Crippen molar-refractivity contribution in [1.29, 1.82) is 0 Å². The van der Waals surface area contributed by atoms with Crippen LogP contribution in [0.1, 0.15) is 16.7 Å². The minimum Gasteiger partial charge on any atom is -0.370 e. The predicted molar refractivity (Wildman–Crippen MR) is 69.0 cm³/mol. The fraction of sp³-hybridized carbons (Fsp3) is 0.333. The maximum Gasteiger partial charge on any atom is 0.162 e. The van der Waals surface area contributed by atoms with Crippen LogP contribution in [0.5, 0.6) is 0 Å². The van der Waals surface area contributed by atoms with Gasteiger partial charge >= 0.3 is 0 Å². The highest BCUT2D eigenvalue weighted by atomic mass is 32.1. The first-order valence-electron chi connectivity index (χ1n) is 5.35. The molecule has 2 aromatic rings. The van der Waals surface area contributed by atoms with E-state index in [0.29, 0.717) is 0 Å². The predicted octanol–water partition coefficient (Wildman–Crippen LogP) is 3.25. The molecule has 0 aliphatic rings. The van der Waals surface area contributed by atoms with Crippen LogP contribution < -0.4 is 5.32 Å². The maximum absolute atomic E-state index is 4.49. The lowest BCUT2D eigenvalue weighted by atomic mass is 10.2. The number of hydrogen-bond donors (Lipinski definition) is 1. The molecule has 0 radical (unpaired) electrons. The molecular formula is C12H15N3S. The Bertz CT molecular complexity index is 491. The van der Waals surface area contributed by atoms with Crippen LogP contribution >= 0.6 is 11.3 Å². The molecule has 4 heteroatoms. The normalized spacial score (nSPS) is 10.4. The zero-order chi connectivity index (χ0) is 11.5. The summed E-state index contributed by atoms with van der Waals surface area (Å²) in [7, 11) is 0. The van der Waals surface area contributed by atoms with Gasteiger partial charge in [0.25, 0.3) is 0 Å². The van der Waals surface area contributed by atoms with Crippen molar-refractivity contribution in [1.82, 2.24) is 9.97 Å². The molecule has 0 atom stereocenters. The quantitative estimate of drug-likeness (QED) is 0.884. The van der Waals surface area contributed by atoms with Crippen LogP contribution in [0.4, 0.5) is 5.82 Å². The van der Waals surface area contributed by atoms with Gasteiger partial charge in [0.1, 0.15) is 5.82 Å². The van der Waals surface area contributed by atoms with E-state index in [9.17, 15) is 0 Å².